The van der Waals surface area contributed by atoms with Crippen LogP contribution in [0.4, 0.5) is 0 Å². The van der Waals surface area contributed by atoms with Crippen molar-refractivity contribution in [1.29, 1.82) is 0 Å². The van der Waals surface area contributed by atoms with E-state index >= 15 is 0 Å². The molecule has 0 amide bonds. The molecule has 2 aromatic carbocycles. The summed E-state index contributed by atoms with van der Waals surface area (Å²) in [7, 11) is 0. The van der Waals surface area contributed by atoms with Crippen LogP contribution in [0.25, 0.3) is 5.57 Å². The van der Waals surface area contributed by atoms with Crippen LogP contribution in [-0.4, -0.2) is 5.97 Å². The van der Waals surface area contributed by atoms with Crippen molar-refractivity contribution in [2.75, 3.05) is 0 Å². The summed E-state index contributed by atoms with van der Waals surface area (Å²) < 4.78 is 5.48. The zero-order valence-electron chi connectivity index (χ0n) is 16.5. The monoisotopic (exact) mass is 362 g/mol. The maximum atomic E-state index is 12.4. The number of allylic oxidation sites excluding steroid dienone is 2. The Kier molecular flexibility index (Phi) is 6.86. The van der Waals surface area contributed by atoms with Crippen LogP contribution < -0.4 is 4.74 Å². The van der Waals surface area contributed by atoms with E-state index in [1.165, 1.54) is 48.8 Å². The van der Waals surface area contributed by atoms with Gasteiger partial charge in [0.05, 0.1) is 5.56 Å². The van der Waals surface area contributed by atoms with Crippen LogP contribution in [0.3, 0.4) is 0 Å². The van der Waals surface area contributed by atoms with Gasteiger partial charge in [-0.15, -0.1) is 0 Å². The molecule has 1 unspecified atom stereocenters. The summed E-state index contributed by atoms with van der Waals surface area (Å²) in [4.78, 5) is 12.4. The van der Waals surface area contributed by atoms with Crippen LogP contribution >= 0.6 is 0 Å². The highest BCUT2D eigenvalue weighted by Crippen LogP contribution is 2.32. The van der Waals surface area contributed by atoms with Crippen molar-refractivity contribution in [3.8, 4) is 5.75 Å². The molecule has 27 heavy (non-hydrogen) atoms. The third-order valence-electron chi connectivity index (χ3n) is 5.52. The Bertz CT molecular complexity index is 769. The molecule has 1 aliphatic carbocycles. The molecule has 2 heteroatoms. The third-order valence-corrected chi connectivity index (χ3v) is 5.52. The molecule has 2 aromatic rings. The number of ether oxygens (including phenoxy) is 1. The number of carbonyl (C=O) groups excluding carboxylic acids is 1. The van der Waals surface area contributed by atoms with Crippen LogP contribution in [0.15, 0.2) is 54.6 Å². The number of hydrogen-bond acceptors (Lipinski definition) is 2. The zero-order valence-corrected chi connectivity index (χ0v) is 16.5. The van der Waals surface area contributed by atoms with Gasteiger partial charge in [-0.1, -0.05) is 63.5 Å². The Morgan fingerprint density at radius 2 is 1.78 bits per heavy atom. The van der Waals surface area contributed by atoms with Crippen molar-refractivity contribution in [2.45, 2.75) is 58.8 Å². The molecular formula is C25H30O2. The first-order chi connectivity index (χ1) is 13.2. The van der Waals surface area contributed by atoms with Gasteiger partial charge < -0.3 is 4.74 Å². The molecular weight excluding hydrogens is 332 g/mol. The van der Waals surface area contributed by atoms with Crippen LogP contribution in [-0.2, 0) is 6.42 Å². The molecule has 0 N–H and O–H groups in total. The van der Waals surface area contributed by atoms with Gasteiger partial charge in [-0.05, 0) is 72.6 Å². The molecule has 1 atom stereocenters. The minimum Gasteiger partial charge on any atom is -0.423 e. The highest BCUT2D eigenvalue weighted by Gasteiger charge is 2.16. The lowest BCUT2D eigenvalue weighted by Crippen LogP contribution is -2.09. The second kappa shape index (κ2) is 9.55. The number of unbranched alkanes of at least 4 members (excludes halogenated alkanes) is 1. The lowest BCUT2D eigenvalue weighted by molar-refractivity contribution is 0.0734. The molecule has 2 nitrogen and oxygen atoms in total. The Labute approximate surface area is 163 Å². The molecule has 142 valence electrons. The second-order valence-corrected chi connectivity index (χ2v) is 7.48. The Balaban J connectivity index is 1.59. The molecule has 0 spiro atoms. The van der Waals surface area contributed by atoms with Crippen molar-refractivity contribution < 1.29 is 9.53 Å². The maximum absolute atomic E-state index is 12.4. The van der Waals surface area contributed by atoms with Gasteiger partial charge in [0, 0.05) is 0 Å². The normalized spacial score (nSPS) is 16.7. The third kappa shape index (κ3) is 5.32. The number of rotatable bonds is 7. The Morgan fingerprint density at radius 1 is 1.04 bits per heavy atom. The van der Waals surface area contributed by atoms with E-state index in [0.29, 0.717) is 11.3 Å². The lowest BCUT2D eigenvalue weighted by Gasteiger charge is -2.22. The molecule has 0 aliphatic heterocycles. The minimum atomic E-state index is -0.303. The topological polar surface area (TPSA) is 26.3 Å². The van der Waals surface area contributed by atoms with E-state index in [1.54, 1.807) is 0 Å². The van der Waals surface area contributed by atoms with E-state index in [1.807, 2.05) is 36.4 Å². The quantitative estimate of drug-likeness (QED) is 0.398. The van der Waals surface area contributed by atoms with Crippen LogP contribution in [0.1, 0.15) is 73.9 Å². The van der Waals surface area contributed by atoms with Crippen molar-refractivity contribution in [3.63, 3.8) is 0 Å². The molecule has 0 radical (unpaired) electrons. The van der Waals surface area contributed by atoms with E-state index in [0.717, 1.165) is 18.8 Å². The predicted molar refractivity (Wildman–Crippen MR) is 112 cm³/mol. The van der Waals surface area contributed by atoms with Crippen molar-refractivity contribution in [3.05, 3.63) is 71.3 Å². The first-order valence-corrected chi connectivity index (χ1v) is 10.3. The van der Waals surface area contributed by atoms with Crippen LogP contribution in [0.2, 0.25) is 0 Å². The van der Waals surface area contributed by atoms with Gasteiger partial charge in [0.15, 0.2) is 0 Å². The molecule has 0 fully saturated rings. The Morgan fingerprint density at radius 3 is 2.37 bits per heavy atom. The van der Waals surface area contributed by atoms with Gasteiger partial charge >= 0.3 is 5.97 Å². The molecule has 0 saturated heterocycles. The van der Waals surface area contributed by atoms with E-state index in [9.17, 15) is 4.79 Å². The number of esters is 1. The first kappa shape index (κ1) is 19.4. The van der Waals surface area contributed by atoms with E-state index in [2.05, 4.69) is 32.1 Å². The summed E-state index contributed by atoms with van der Waals surface area (Å²) >= 11 is 0. The molecule has 0 bridgehead atoms. The van der Waals surface area contributed by atoms with Gasteiger partial charge in [-0.2, -0.15) is 0 Å². The smallest absolute Gasteiger partial charge is 0.343 e. The lowest BCUT2D eigenvalue weighted by atomic mass is 9.84. The fraction of sp³-hybridized carbons (Fsp3) is 0.400. The van der Waals surface area contributed by atoms with Gasteiger partial charge in [0.2, 0.25) is 0 Å². The number of aryl methyl sites for hydroxylation is 1. The fourth-order valence-corrected chi connectivity index (χ4v) is 3.69. The van der Waals surface area contributed by atoms with Crippen molar-refractivity contribution in [2.24, 2.45) is 5.92 Å². The van der Waals surface area contributed by atoms with Crippen LogP contribution in [0, 0.1) is 5.92 Å². The first-order valence-electron chi connectivity index (χ1n) is 10.3. The number of hydrogen-bond donors (Lipinski definition) is 0. The van der Waals surface area contributed by atoms with E-state index in [4.69, 9.17) is 4.74 Å². The summed E-state index contributed by atoms with van der Waals surface area (Å²) in [5.74, 6) is 1.14. The van der Waals surface area contributed by atoms with Gasteiger partial charge in [-0.25, -0.2) is 4.79 Å². The number of benzene rings is 2. The minimum absolute atomic E-state index is 0.303. The highest BCUT2D eigenvalue weighted by molar-refractivity contribution is 5.91. The van der Waals surface area contributed by atoms with Crippen molar-refractivity contribution >= 4 is 11.5 Å². The molecule has 3 rings (SSSR count). The Hall–Kier alpha value is -2.35. The SMILES string of the molecule is CCCCC1CC=C(c2ccc(C(=O)Oc3ccc(CC)cc3)cc2)CC1. The average Bonchev–Trinajstić information content (AvgIpc) is 2.73. The van der Waals surface area contributed by atoms with Gasteiger partial charge in [0.25, 0.3) is 0 Å². The van der Waals surface area contributed by atoms with Crippen LogP contribution in [0.5, 0.6) is 5.75 Å². The van der Waals surface area contributed by atoms with E-state index in [-0.39, 0.29) is 5.97 Å². The summed E-state index contributed by atoms with van der Waals surface area (Å²) in [6.07, 6.45) is 11.0. The highest BCUT2D eigenvalue weighted by atomic mass is 16.5. The summed E-state index contributed by atoms with van der Waals surface area (Å²) in [6.45, 7) is 4.37. The summed E-state index contributed by atoms with van der Waals surface area (Å²) in [5.41, 5.74) is 4.47. The molecule has 1 aliphatic rings. The maximum Gasteiger partial charge on any atom is 0.343 e. The molecule has 0 saturated carbocycles. The van der Waals surface area contributed by atoms with Gasteiger partial charge in [0.1, 0.15) is 5.75 Å². The zero-order chi connectivity index (χ0) is 19.1. The summed E-state index contributed by atoms with van der Waals surface area (Å²) in [5, 5.41) is 0. The second-order valence-electron chi connectivity index (χ2n) is 7.48. The van der Waals surface area contributed by atoms with Crippen molar-refractivity contribution in [1.82, 2.24) is 0 Å². The fourth-order valence-electron chi connectivity index (χ4n) is 3.69. The standard InChI is InChI=1S/C25H30O2/c1-3-5-6-20-7-11-21(12-8-20)22-13-15-23(16-14-22)25(26)27-24-17-9-19(4-2)10-18-24/h9-11,13-18,20H,3-8,12H2,1-2H3. The summed E-state index contributed by atoms with van der Waals surface area (Å²) in [6, 6.07) is 15.6. The largest absolute Gasteiger partial charge is 0.423 e. The van der Waals surface area contributed by atoms with Gasteiger partial charge in [-0.3, -0.25) is 0 Å². The van der Waals surface area contributed by atoms with E-state index < -0.39 is 0 Å². The number of carbonyl (C=O) groups is 1. The average molecular weight is 363 g/mol. The predicted octanol–water partition coefficient (Wildman–Crippen LogP) is 6.84. The molecule has 0 heterocycles. The molecule has 0 aromatic heterocycles.